The number of benzene rings is 1. The van der Waals surface area contributed by atoms with Gasteiger partial charge in [-0.25, -0.2) is 19.9 Å². The number of hydrazine groups is 1. The lowest BCUT2D eigenvalue weighted by Crippen LogP contribution is -2.39. The molecule has 0 unspecified atom stereocenters. The van der Waals surface area contributed by atoms with Crippen LogP contribution in [0.15, 0.2) is 30.5 Å². The number of carbonyl (C=O) groups excluding carboxylic acids is 2. The summed E-state index contributed by atoms with van der Waals surface area (Å²) in [5.74, 6) is 0. The van der Waals surface area contributed by atoms with E-state index in [1.807, 2.05) is 20.8 Å². The Morgan fingerprint density at radius 1 is 1.22 bits per heavy atom. The van der Waals surface area contributed by atoms with Crippen molar-refractivity contribution in [2.75, 3.05) is 25.5 Å². The largest absolute Gasteiger partial charge is 0.418 e. The minimum Gasteiger partial charge on any atom is -0.379 e. The number of para-hydroxylation sites is 1. The number of thiazole rings is 1. The molecule has 37 heavy (non-hydrogen) atoms. The Morgan fingerprint density at radius 2 is 1.92 bits per heavy atom. The summed E-state index contributed by atoms with van der Waals surface area (Å²) in [7, 11) is 1.71. The number of hydrogen-bond acceptors (Lipinski definition) is 7. The zero-order valence-corrected chi connectivity index (χ0v) is 21.5. The van der Waals surface area contributed by atoms with Crippen LogP contribution in [-0.4, -0.2) is 53.0 Å². The molecule has 0 saturated carbocycles. The molecule has 0 atom stereocenters. The van der Waals surface area contributed by atoms with Crippen LogP contribution in [0.25, 0.3) is 16.3 Å². The lowest BCUT2D eigenvalue weighted by molar-refractivity contribution is -0.137. The third-order valence-corrected chi connectivity index (χ3v) is 6.10. The van der Waals surface area contributed by atoms with Gasteiger partial charge in [0.2, 0.25) is 6.41 Å². The molecule has 10 nitrogen and oxygen atoms in total. The van der Waals surface area contributed by atoms with Crippen LogP contribution in [0.1, 0.15) is 37.6 Å². The van der Waals surface area contributed by atoms with Gasteiger partial charge >= 0.3 is 12.2 Å². The zero-order chi connectivity index (χ0) is 27.2. The summed E-state index contributed by atoms with van der Waals surface area (Å²) in [5, 5.41) is 9.69. The van der Waals surface area contributed by atoms with Crippen molar-refractivity contribution in [1.29, 1.82) is 0 Å². The molecule has 2 aromatic heterocycles. The van der Waals surface area contributed by atoms with E-state index >= 15 is 0 Å². The average molecular weight is 540 g/mol. The van der Waals surface area contributed by atoms with Crippen molar-refractivity contribution in [3.05, 3.63) is 47.3 Å². The fourth-order valence-corrected chi connectivity index (χ4v) is 4.26. The molecule has 0 aliphatic heterocycles. The highest BCUT2D eigenvalue weighted by molar-refractivity contribution is 7.19. The number of carbonyl (C=O) groups is 2. The summed E-state index contributed by atoms with van der Waals surface area (Å²) >= 11 is 1.17. The smallest absolute Gasteiger partial charge is 0.379 e. The van der Waals surface area contributed by atoms with E-state index < -0.39 is 17.8 Å². The molecule has 14 heteroatoms. The monoisotopic (exact) mass is 539 g/mol. The summed E-state index contributed by atoms with van der Waals surface area (Å²) in [5.41, 5.74) is 5.99. The van der Waals surface area contributed by atoms with Gasteiger partial charge in [-0.3, -0.25) is 15.5 Å². The molecule has 4 rings (SSSR count). The Labute approximate surface area is 215 Å². The summed E-state index contributed by atoms with van der Waals surface area (Å²) in [6, 6.07) is 4.76. The Kier molecular flexibility index (Phi) is 8.89. The number of methoxy groups -OCH3 is 1. The van der Waals surface area contributed by atoms with Crippen LogP contribution in [0.5, 0.6) is 0 Å². The molecule has 1 aliphatic rings. The Bertz CT molecular complexity index is 1240. The molecule has 0 radical (unpaired) electrons. The third kappa shape index (κ3) is 7.27. The van der Waals surface area contributed by atoms with Gasteiger partial charge in [0.1, 0.15) is 0 Å². The van der Waals surface area contributed by atoms with E-state index in [9.17, 15) is 22.8 Å². The minimum absolute atomic E-state index is 0.0417. The van der Waals surface area contributed by atoms with E-state index in [0.29, 0.717) is 40.8 Å². The molecule has 3 amide bonds. The first-order valence-electron chi connectivity index (χ1n) is 11.2. The number of nitrogens with one attached hydrogen (secondary N) is 4. The highest BCUT2D eigenvalue weighted by Crippen LogP contribution is 2.44. The van der Waals surface area contributed by atoms with Gasteiger partial charge < -0.3 is 10.1 Å². The van der Waals surface area contributed by atoms with E-state index in [4.69, 9.17) is 4.74 Å². The van der Waals surface area contributed by atoms with Gasteiger partial charge in [0.05, 0.1) is 39.3 Å². The number of alkyl halides is 3. The first-order valence-corrected chi connectivity index (χ1v) is 12.0. The summed E-state index contributed by atoms with van der Waals surface area (Å²) < 4.78 is 46.6. The molecule has 0 fully saturated rings. The number of aromatic nitrogens is 3. The highest BCUT2D eigenvalue weighted by atomic mass is 32.1. The van der Waals surface area contributed by atoms with Crippen LogP contribution in [0.3, 0.4) is 0 Å². The maximum absolute atomic E-state index is 13.5. The minimum atomic E-state index is -4.52. The van der Waals surface area contributed by atoms with Crippen molar-refractivity contribution in [3.8, 4) is 16.3 Å². The van der Waals surface area contributed by atoms with E-state index in [1.165, 1.54) is 40.4 Å². The third-order valence-electron chi connectivity index (χ3n) is 5.08. The molecular weight excluding hydrogens is 511 g/mol. The number of nitrogens with zero attached hydrogens (tertiary/aromatic N) is 3. The van der Waals surface area contributed by atoms with Gasteiger partial charge in [-0.2, -0.15) is 18.3 Å². The Morgan fingerprint density at radius 3 is 2.57 bits per heavy atom. The van der Waals surface area contributed by atoms with Crippen molar-refractivity contribution < 1.29 is 27.5 Å². The van der Waals surface area contributed by atoms with Crippen LogP contribution in [0, 0.1) is 0 Å². The molecular formula is C23H28F3N7O3S. The van der Waals surface area contributed by atoms with E-state index in [2.05, 4.69) is 31.6 Å². The zero-order valence-electron chi connectivity index (χ0n) is 20.7. The van der Waals surface area contributed by atoms with Gasteiger partial charge in [0.15, 0.2) is 5.13 Å². The van der Waals surface area contributed by atoms with Gasteiger partial charge in [-0.15, -0.1) is 0 Å². The fraction of sp³-hybridized carbons (Fsp3) is 0.391. The van der Waals surface area contributed by atoms with Crippen LogP contribution >= 0.6 is 11.3 Å². The second-order valence-corrected chi connectivity index (χ2v) is 9.80. The van der Waals surface area contributed by atoms with Crippen LogP contribution in [0.2, 0.25) is 0 Å². The molecule has 1 aliphatic carbocycles. The van der Waals surface area contributed by atoms with Crippen LogP contribution in [-0.2, 0) is 22.1 Å². The fourth-order valence-electron chi connectivity index (χ4n) is 3.22. The van der Waals surface area contributed by atoms with E-state index in [0.717, 1.165) is 11.6 Å². The maximum Gasteiger partial charge on any atom is 0.418 e. The second-order valence-electron chi connectivity index (χ2n) is 8.80. The summed E-state index contributed by atoms with van der Waals surface area (Å²) in [4.78, 5) is 27.2. The first kappa shape index (κ1) is 28.1. The quantitative estimate of drug-likeness (QED) is 0.161. The number of amides is 3. The maximum atomic E-state index is 13.5. The number of anilines is 1. The lowest BCUT2D eigenvalue weighted by atomic mass is 10.1. The number of ether oxygens (including phenoxy) is 1. The van der Waals surface area contributed by atoms with Crippen molar-refractivity contribution in [2.24, 2.45) is 0 Å². The Hall–Kier alpha value is -3.49. The molecule has 0 spiro atoms. The number of urea groups is 1. The molecule has 200 valence electrons. The number of halogens is 3. The summed E-state index contributed by atoms with van der Waals surface area (Å²) in [6.45, 7) is 6.64. The average Bonchev–Trinajstić information content (AvgIpc) is 3.49. The highest BCUT2D eigenvalue weighted by Gasteiger charge is 2.36. The topological polar surface area (TPSA) is 122 Å². The van der Waals surface area contributed by atoms with Crippen molar-refractivity contribution in [3.63, 3.8) is 0 Å². The SMILES string of the molecule is COC(C)(C)C.O=CNNCCNC(=O)Nc1nc2c(s1)-c1c(cnn1-c1ccccc1C(F)(F)F)C2. The van der Waals surface area contributed by atoms with Crippen molar-refractivity contribution in [1.82, 2.24) is 30.9 Å². The van der Waals surface area contributed by atoms with E-state index in [1.54, 1.807) is 7.11 Å². The van der Waals surface area contributed by atoms with Gasteiger partial charge in [-0.05, 0) is 32.9 Å². The van der Waals surface area contributed by atoms with E-state index in [-0.39, 0.29) is 17.8 Å². The van der Waals surface area contributed by atoms with Crippen molar-refractivity contribution >= 4 is 28.9 Å². The molecule has 0 saturated heterocycles. The first-order chi connectivity index (χ1) is 17.4. The summed E-state index contributed by atoms with van der Waals surface area (Å²) in [6.07, 6.45) is -2.09. The predicted molar refractivity (Wildman–Crippen MR) is 133 cm³/mol. The van der Waals surface area contributed by atoms with Gasteiger partial charge in [0.25, 0.3) is 0 Å². The number of hydrogen-bond donors (Lipinski definition) is 4. The molecule has 3 aromatic rings. The normalized spacial score (nSPS) is 12.2. The standard InChI is InChI=1S/C18H16F3N7O2S.C5H12O/c19-18(20,21)11-3-1-2-4-13(11)28-14-10(8-25-28)7-12-15(14)31-17(26-12)27-16(30)22-5-6-23-24-9-29;1-5(2,3)6-4/h1-4,8-9,23H,5-7H2,(H,24,29)(H2,22,26,27,30);1-4H3. The van der Waals surface area contributed by atoms with Gasteiger partial charge in [-0.1, -0.05) is 23.5 Å². The number of rotatable bonds is 7. The van der Waals surface area contributed by atoms with Gasteiger partial charge in [0, 0.05) is 32.2 Å². The number of fused-ring (bicyclic) bond motifs is 3. The predicted octanol–water partition coefficient (Wildman–Crippen LogP) is 3.72. The molecule has 0 bridgehead atoms. The Balaban J connectivity index is 0.000000568. The molecule has 1 aromatic carbocycles. The lowest BCUT2D eigenvalue weighted by Gasteiger charge is -2.14. The van der Waals surface area contributed by atoms with Crippen LogP contribution < -0.4 is 21.5 Å². The van der Waals surface area contributed by atoms with Crippen molar-refractivity contribution in [2.45, 2.75) is 39.0 Å². The molecule has 4 N–H and O–H groups in total. The van der Waals surface area contributed by atoms with Crippen LogP contribution in [0.4, 0.5) is 23.1 Å². The molecule has 2 heterocycles. The second kappa shape index (κ2) is 11.7.